The van der Waals surface area contributed by atoms with Gasteiger partial charge in [0, 0.05) is 30.9 Å². The lowest BCUT2D eigenvalue weighted by molar-refractivity contribution is -0.384. The van der Waals surface area contributed by atoms with Gasteiger partial charge in [-0.3, -0.25) is 19.1 Å². The number of fused-ring (bicyclic) bond motifs is 3. The molecule has 3 aromatic heterocycles. The third-order valence-corrected chi connectivity index (χ3v) is 12.5. The molecule has 1 fully saturated rings. The highest BCUT2D eigenvalue weighted by Crippen LogP contribution is 2.42. The van der Waals surface area contributed by atoms with Crippen LogP contribution in [0.5, 0.6) is 5.88 Å². The normalized spacial score (nSPS) is 21.9. The third kappa shape index (κ3) is 5.09. The van der Waals surface area contributed by atoms with E-state index < -0.39 is 31.7 Å². The quantitative estimate of drug-likeness (QED) is 0.173. The highest BCUT2D eigenvalue weighted by atomic mass is 28.4. The van der Waals surface area contributed by atoms with Crippen LogP contribution in [0, 0.1) is 10.1 Å². The summed E-state index contributed by atoms with van der Waals surface area (Å²) in [5.74, 6) is 0.733. The van der Waals surface area contributed by atoms with Crippen LogP contribution in [0.25, 0.3) is 16.9 Å². The summed E-state index contributed by atoms with van der Waals surface area (Å²) in [7, 11) is -2.18. The Hall–Kier alpha value is -3.39. The Bertz CT molecular complexity index is 1510. The molecule has 4 atom stereocenters. The molecule has 0 bridgehead atoms. The number of nitro groups is 1. The Balaban J connectivity index is 1.42. The molecule has 0 saturated carbocycles. The second kappa shape index (κ2) is 10.5. The summed E-state index contributed by atoms with van der Waals surface area (Å²) in [6.07, 6.45) is 3.91. The van der Waals surface area contributed by atoms with Gasteiger partial charge in [0.05, 0.1) is 24.0 Å². The van der Waals surface area contributed by atoms with Crippen LogP contribution in [0.15, 0.2) is 43.0 Å². The van der Waals surface area contributed by atoms with Gasteiger partial charge in [-0.2, -0.15) is 4.98 Å². The molecular formula is C27H36N6O6Si. The number of imidazole rings is 2. The zero-order chi connectivity index (χ0) is 28.8. The van der Waals surface area contributed by atoms with E-state index in [2.05, 4.69) is 48.8 Å². The summed E-state index contributed by atoms with van der Waals surface area (Å²) >= 11 is 0. The van der Waals surface area contributed by atoms with Crippen LogP contribution in [-0.4, -0.2) is 67.2 Å². The minimum Gasteiger partial charge on any atom is -0.476 e. The molecule has 0 amide bonds. The van der Waals surface area contributed by atoms with Crippen LogP contribution in [0.1, 0.15) is 45.9 Å². The molecule has 1 aromatic carbocycles. The van der Waals surface area contributed by atoms with E-state index in [1.54, 1.807) is 39.8 Å². The molecule has 4 heterocycles. The van der Waals surface area contributed by atoms with E-state index in [0.717, 1.165) is 5.56 Å². The Morgan fingerprint density at radius 1 is 1.20 bits per heavy atom. The van der Waals surface area contributed by atoms with Gasteiger partial charge in [0.25, 0.3) is 5.69 Å². The maximum atomic E-state index is 11.5. The number of hydrogen-bond acceptors (Lipinski definition) is 9. The lowest BCUT2D eigenvalue weighted by Crippen LogP contribution is -2.49. The van der Waals surface area contributed by atoms with E-state index in [-0.39, 0.29) is 23.4 Å². The van der Waals surface area contributed by atoms with Crippen LogP contribution in [0.4, 0.5) is 5.69 Å². The van der Waals surface area contributed by atoms with E-state index in [0.29, 0.717) is 35.7 Å². The van der Waals surface area contributed by atoms with Crippen LogP contribution < -0.4 is 4.74 Å². The van der Waals surface area contributed by atoms with Crippen molar-refractivity contribution in [2.75, 3.05) is 6.61 Å². The Labute approximate surface area is 233 Å². The molecule has 0 radical (unpaired) electrons. The SMILES string of the molecule is CC[C@H]1O[C@@H](n2cnc3c(OCCc4ccc([N+](=O)[O-])cc4)nc4nccn4c32)[C@H](O)[C@@H]1O[Si](C)(C)C(C)(C)C. The number of non-ortho nitro benzene ring substituents is 1. The van der Waals surface area contributed by atoms with Crippen molar-refractivity contribution in [3.63, 3.8) is 0 Å². The standard InChI is InChI=1S/C27H36N6O6Si/c1-7-19-22(39-40(5,6)27(2,3)4)21(34)25(38-19)32-16-29-20-23(30-26-28-13-14-31(26)24(20)32)37-15-12-17-8-10-18(11-9-17)33(35)36/h8-11,13-14,16,19,21-22,25,34H,7,12,15H2,1-6H3/t19-,21-,22-,25-/m1/s1. The molecule has 4 aromatic rings. The fourth-order valence-corrected chi connectivity index (χ4v) is 6.03. The van der Waals surface area contributed by atoms with Crippen molar-refractivity contribution >= 4 is 30.9 Å². The Morgan fingerprint density at radius 2 is 1.93 bits per heavy atom. The van der Waals surface area contributed by atoms with Crippen molar-refractivity contribution in [1.82, 2.24) is 23.9 Å². The van der Waals surface area contributed by atoms with Crippen molar-refractivity contribution < 1.29 is 23.9 Å². The van der Waals surface area contributed by atoms with Crippen molar-refractivity contribution in [2.45, 2.75) is 83.2 Å². The molecule has 0 spiro atoms. The number of nitrogens with zero attached hydrogens (tertiary/aromatic N) is 6. The average molecular weight is 569 g/mol. The Morgan fingerprint density at radius 3 is 2.58 bits per heavy atom. The second-order valence-electron chi connectivity index (χ2n) is 11.7. The minimum absolute atomic E-state index is 0.0137. The predicted octanol–water partition coefficient (Wildman–Crippen LogP) is 4.67. The first-order valence-corrected chi connectivity index (χ1v) is 16.4. The smallest absolute Gasteiger partial charge is 0.269 e. The van der Waals surface area contributed by atoms with Crippen LogP contribution in [0.2, 0.25) is 18.1 Å². The number of aliphatic hydroxyl groups is 1. The summed E-state index contributed by atoms with van der Waals surface area (Å²) in [4.78, 5) is 24.0. The summed E-state index contributed by atoms with van der Waals surface area (Å²) in [5.41, 5.74) is 2.09. The summed E-state index contributed by atoms with van der Waals surface area (Å²) in [6.45, 7) is 13.2. The van der Waals surface area contributed by atoms with Gasteiger partial charge < -0.3 is 19.0 Å². The van der Waals surface area contributed by atoms with Crippen LogP contribution in [-0.2, 0) is 15.6 Å². The molecule has 1 aliphatic rings. The first-order chi connectivity index (χ1) is 18.9. The summed E-state index contributed by atoms with van der Waals surface area (Å²) in [6, 6.07) is 6.37. The van der Waals surface area contributed by atoms with Crippen molar-refractivity contribution in [3.8, 4) is 5.88 Å². The number of benzene rings is 1. The number of rotatable bonds is 9. The zero-order valence-electron chi connectivity index (χ0n) is 23.6. The first kappa shape index (κ1) is 28.1. The van der Waals surface area contributed by atoms with Gasteiger partial charge in [-0.25, -0.2) is 9.97 Å². The molecule has 40 heavy (non-hydrogen) atoms. The van der Waals surface area contributed by atoms with E-state index >= 15 is 0 Å². The first-order valence-electron chi connectivity index (χ1n) is 13.5. The molecule has 1 saturated heterocycles. The zero-order valence-corrected chi connectivity index (χ0v) is 24.6. The fourth-order valence-electron chi connectivity index (χ4n) is 4.71. The maximum Gasteiger partial charge on any atom is 0.269 e. The van der Waals surface area contributed by atoms with E-state index in [4.69, 9.17) is 13.9 Å². The summed E-state index contributed by atoms with van der Waals surface area (Å²) in [5, 5.41) is 22.4. The monoisotopic (exact) mass is 568 g/mol. The molecule has 0 aliphatic carbocycles. The second-order valence-corrected chi connectivity index (χ2v) is 16.4. The number of hydrogen-bond donors (Lipinski definition) is 1. The molecule has 0 unspecified atom stereocenters. The van der Waals surface area contributed by atoms with Crippen molar-refractivity contribution in [2.24, 2.45) is 0 Å². The molecule has 5 rings (SSSR count). The highest BCUT2D eigenvalue weighted by Gasteiger charge is 2.50. The highest BCUT2D eigenvalue weighted by molar-refractivity contribution is 6.74. The van der Waals surface area contributed by atoms with Gasteiger partial charge >= 0.3 is 0 Å². The van der Waals surface area contributed by atoms with E-state index in [9.17, 15) is 15.2 Å². The summed E-state index contributed by atoms with van der Waals surface area (Å²) < 4.78 is 22.7. The van der Waals surface area contributed by atoms with Crippen LogP contribution >= 0.6 is 0 Å². The van der Waals surface area contributed by atoms with Gasteiger partial charge in [0.2, 0.25) is 11.7 Å². The third-order valence-electron chi connectivity index (χ3n) is 8.02. The number of aliphatic hydroxyl groups excluding tert-OH is 1. The van der Waals surface area contributed by atoms with Gasteiger partial charge in [0.15, 0.2) is 25.7 Å². The topological polar surface area (TPSA) is 139 Å². The lowest BCUT2D eigenvalue weighted by Gasteiger charge is -2.40. The molecule has 214 valence electrons. The molecular weight excluding hydrogens is 532 g/mol. The lowest BCUT2D eigenvalue weighted by atomic mass is 10.1. The average Bonchev–Trinajstić information content (AvgIpc) is 3.61. The van der Waals surface area contributed by atoms with E-state index in [1.165, 1.54) is 12.1 Å². The van der Waals surface area contributed by atoms with Crippen LogP contribution in [0.3, 0.4) is 0 Å². The number of nitro benzene ring substituents is 1. The van der Waals surface area contributed by atoms with Gasteiger partial charge in [0.1, 0.15) is 12.2 Å². The van der Waals surface area contributed by atoms with E-state index in [1.807, 2.05) is 6.92 Å². The van der Waals surface area contributed by atoms with Crippen molar-refractivity contribution in [1.29, 1.82) is 0 Å². The Kier molecular flexibility index (Phi) is 7.42. The molecule has 12 nitrogen and oxygen atoms in total. The maximum absolute atomic E-state index is 11.5. The molecule has 13 heteroatoms. The molecule has 1 N–H and O–H groups in total. The predicted molar refractivity (Wildman–Crippen MR) is 151 cm³/mol. The minimum atomic E-state index is -2.18. The van der Waals surface area contributed by atoms with Crippen molar-refractivity contribution in [3.05, 3.63) is 58.7 Å². The van der Waals surface area contributed by atoms with Gasteiger partial charge in [-0.1, -0.05) is 39.8 Å². The fraction of sp³-hybridized carbons (Fsp3) is 0.519. The van der Waals surface area contributed by atoms with Gasteiger partial charge in [-0.05, 0) is 30.1 Å². The van der Waals surface area contributed by atoms with Gasteiger partial charge in [-0.15, -0.1) is 0 Å². The number of aromatic nitrogens is 5. The largest absolute Gasteiger partial charge is 0.476 e. The number of ether oxygens (including phenoxy) is 2. The molecule has 1 aliphatic heterocycles.